The summed E-state index contributed by atoms with van der Waals surface area (Å²) in [6, 6.07) is 12.9. The fraction of sp³-hybridized carbons (Fsp3) is 0.385. The van der Waals surface area contributed by atoms with Crippen LogP contribution in [-0.2, 0) is 11.3 Å². The lowest BCUT2D eigenvalue weighted by atomic mass is 9.95. The van der Waals surface area contributed by atoms with E-state index >= 15 is 0 Å². The maximum atomic E-state index is 12.5. The number of rotatable bonds is 6. The predicted octanol–water partition coefficient (Wildman–Crippen LogP) is 2.78. The highest BCUT2D eigenvalue weighted by atomic mass is 16.7. The highest BCUT2D eigenvalue weighted by Crippen LogP contribution is 2.36. The lowest BCUT2D eigenvalue weighted by molar-refractivity contribution is -0.121. The summed E-state index contributed by atoms with van der Waals surface area (Å²) in [6.07, 6.45) is 6.09. The van der Waals surface area contributed by atoms with Crippen molar-refractivity contribution in [3.05, 3.63) is 71.1 Å². The summed E-state index contributed by atoms with van der Waals surface area (Å²) in [5, 5.41) is 9.76. The molecule has 2 aromatic rings. The molecule has 0 spiro atoms. The van der Waals surface area contributed by atoms with Crippen LogP contribution in [0.3, 0.4) is 0 Å². The van der Waals surface area contributed by atoms with E-state index in [4.69, 9.17) is 9.47 Å². The summed E-state index contributed by atoms with van der Waals surface area (Å²) in [5.74, 6) is 2.35. The number of hydrogen-bond donors (Lipinski definition) is 3. The van der Waals surface area contributed by atoms with Crippen molar-refractivity contribution < 1.29 is 14.3 Å². The molecular weight excluding hydrogens is 444 g/mol. The van der Waals surface area contributed by atoms with Crippen LogP contribution in [0.1, 0.15) is 47.6 Å². The zero-order valence-electron chi connectivity index (χ0n) is 20.0. The van der Waals surface area contributed by atoms with Gasteiger partial charge in [0.25, 0.3) is 0 Å². The summed E-state index contributed by atoms with van der Waals surface area (Å²) < 4.78 is 10.7. The number of fused-ring (bicyclic) bond motifs is 4. The molecule has 9 nitrogen and oxygen atoms in total. The molecule has 1 fully saturated rings. The Balaban J connectivity index is 1.03. The number of amides is 1. The lowest BCUT2D eigenvalue weighted by Crippen LogP contribution is -2.54. The van der Waals surface area contributed by atoms with Crippen LogP contribution >= 0.6 is 0 Å². The minimum atomic E-state index is -0.00560. The normalized spacial score (nSPS) is 23.6. The molecule has 3 unspecified atom stereocenters. The van der Waals surface area contributed by atoms with Crippen molar-refractivity contribution in [1.29, 1.82) is 0 Å². The van der Waals surface area contributed by atoms with Gasteiger partial charge < -0.3 is 24.7 Å². The van der Waals surface area contributed by atoms with Crippen LogP contribution in [0, 0.1) is 13.8 Å². The third-order valence-corrected chi connectivity index (χ3v) is 7.13. The summed E-state index contributed by atoms with van der Waals surface area (Å²) in [7, 11) is 0. The summed E-state index contributed by atoms with van der Waals surface area (Å²) in [6.45, 7) is 5.00. The fourth-order valence-corrected chi connectivity index (χ4v) is 5.22. The fourth-order valence-electron chi connectivity index (χ4n) is 5.22. The minimum absolute atomic E-state index is 0.00560. The Hall–Kier alpha value is -3.72. The van der Waals surface area contributed by atoms with E-state index in [1.165, 1.54) is 16.7 Å². The zero-order valence-corrected chi connectivity index (χ0v) is 20.0. The molecule has 0 radical (unpaired) electrons. The predicted molar refractivity (Wildman–Crippen MR) is 131 cm³/mol. The van der Waals surface area contributed by atoms with E-state index < -0.39 is 0 Å². The van der Waals surface area contributed by atoms with Gasteiger partial charge in [-0.3, -0.25) is 10.2 Å². The standard InChI is InChI=1S/C26H30N6O3/c1-16-3-4-17(2)19(11-16)20-13-21-26-29-28-24(31(26)9-10-32(21)30-20)7-8-25(33)27-14-18-5-6-22-23(12-18)35-15-34-22/h3-6,9-12,20-21,26,29-30H,7-8,13-15H2,1-2H3,(H,27,33). The van der Waals surface area contributed by atoms with Crippen LogP contribution < -0.4 is 25.6 Å². The Kier molecular flexibility index (Phi) is 5.49. The molecule has 9 heteroatoms. The second-order valence-corrected chi connectivity index (χ2v) is 9.52. The largest absolute Gasteiger partial charge is 0.454 e. The Labute approximate surface area is 204 Å². The number of hydrogen-bond acceptors (Lipinski definition) is 8. The number of nitrogens with one attached hydrogen (secondary N) is 3. The Morgan fingerprint density at radius 1 is 1.14 bits per heavy atom. The summed E-state index contributed by atoms with van der Waals surface area (Å²) in [4.78, 5) is 14.7. The van der Waals surface area contributed by atoms with Crippen molar-refractivity contribution in [2.24, 2.45) is 5.10 Å². The minimum Gasteiger partial charge on any atom is -0.454 e. The molecule has 3 atom stereocenters. The molecule has 3 N–H and O–H groups in total. The van der Waals surface area contributed by atoms with Crippen LogP contribution in [0.25, 0.3) is 0 Å². The number of amidine groups is 1. The average molecular weight is 475 g/mol. The molecule has 1 saturated heterocycles. The van der Waals surface area contributed by atoms with Crippen molar-refractivity contribution in [3.63, 3.8) is 0 Å². The maximum Gasteiger partial charge on any atom is 0.231 e. The zero-order chi connectivity index (χ0) is 23.9. The molecule has 182 valence electrons. The number of benzene rings is 2. The summed E-state index contributed by atoms with van der Waals surface area (Å²) >= 11 is 0. The number of ether oxygens (including phenoxy) is 2. The van der Waals surface area contributed by atoms with Crippen molar-refractivity contribution in [2.45, 2.75) is 57.9 Å². The molecule has 6 rings (SSSR count). The SMILES string of the molecule is Cc1ccc(C)c(C2CC3C4NN=C(CCC(=O)NCc5ccc6c(c5)OCO6)N4C=CN3N2)c1. The topological polar surface area (TPSA) is 90.5 Å². The molecule has 35 heavy (non-hydrogen) atoms. The van der Waals surface area contributed by atoms with E-state index in [2.05, 4.69) is 69.4 Å². The average Bonchev–Trinajstić information content (AvgIpc) is 3.59. The van der Waals surface area contributed by atoms with Gasteiger partial charge >= 0.3 is 0 Å². The van der Waals surface area contributed by atoms with E-state index in [-0.39, 0.29) is 30.9 Å². The Morgan fingerprint density at radius 3 is 2.94 bits per heavy atom. The van der Waals surface area contributed by atoms with Crippen molar-refractivity contribution >= 4 is 11.7 Å². The van der Waals surface area contributed by atoms with Crippen molar-refractivity contribution in [1.82, 2.24) is 26.1 Å². The molecule has 0 aromatic heterocycles. The molecule has 4 aliphatic heterocycles. The molecule has 4 aliphatic rings. The van der Waals surface area contributed by atoms with Gasteiger partial charge in [-0.2, -0.15) is 5.10 Å². The first kappa shape index (κ1) is 21.8. The first-order valence-electron chi connectivity index (χ1n) is 12.1. The van der Waals surface area contributed by atoms with Gasteiger partial charge in [0.1, 0.15) is 12.0 Å². The first-order chi connectivity index (χ1) is 17.0. The van der Waals surface area contributed by atoms with E-state index in [1.54, 1.807) is 0 Å². The van der Waals surface area contributed by atoms with Gasteiger partial charge in [-0.05, 0) is 49.1 Å². The highest BCUT2D eigenvalue weighted by molar-refractivity contribution is 5.89. The molecule has 1 amide bonds. The quantitative estimate of drug-likeness (QED) is 0.593. The van der Waals surface area contributed by atoms with Crippen LogP contribution in [-0.4, -0.2) is 40.7 Å². The third-order valence-electron chi connectivity index (χ3n) is 7.13. The third kappa shape index (κ3) is 4.16. The monoisotopic (exact) mass is 474 g/mol. The van der Waals surface area contributed by atoms with Crippen molar-refractivity contribution in [3.8, 4) is 11.5 Å². The highest BCUT2D eigenvalue weighted by Gasteiger charge is 2.44. The van der Waals surface area contributed by atoms with Gasteiger partial charge in [0.2, 0.25) is 12.7 Å². The van der Waals surface area contributed by atoms with Gasteiger partial charge in [-0.1, -0.05) is 29.8 Å². The maximum absolute atomic E-state index is 12.5. The van der Waals surface area contributed by atoms with Crippen LogP contribution in [0.15, 0.2) is 53.9 Å². The number of carbonyl (C=O) groups is 1. The molecular formula is C26H30N6O3. The van der Waals surface area contributed by atoms with Crippen LogP contribution in [0.5, 0.6) is 11.5 Å². The Morgan fingerprint density at radius 2 is 2.03 bits per heavy atom. The first-order valence-corrected chi connectivity index (χ1v) is 12.1. The number of nitrogens with zero attached hydrogens (tertiary/aromatic N) is 3. The van der Waals surface area contributed by atoms with Gasteiger partial charge in [0.15, 0.2) is 11.5 Å². The van der Waals surface area contributed by atoms with Gasteiger partial charge in [-0.15, -0.1) is 0 Å². The van der Waals surface area contributed by atoms with Gasteiger partial charge in [0, 0.05) is 31.8 Å². The smallest absolute Gasteiger partial charge is 0.231 e. The number of carbonyl (C=O) groups excluding carboxylic acids is 1. The number of aryl methyl sites for hydroxylation is 2. The van der Waals surface area contributed by atoms with Gasteiger partial charge in [-0.25, -0.2) is 5.43 Å². The van der Waals surface area contributed by atoms with Crippen molar-refractivity contribution in [2.75, 3.05) is 6.79 Å². The molecule has 0 bridgehead atoms. The second kappa shape index (κ2) is 8.81. The van der Waals surface area contributed by atoms with Crippen LogP contribution in [0.2, 0.25) is 0 Å². The van der Waals surface area contributed by atoms with Crippen LogP contribution in [0.4, 0.5) is 0 Å². The number of hydrazone groups is 1. The van der Waals surface area contributed by atoms with Gasteiger partial charge in [0.05, 0.1) is 12.1 Å². The second-order valence-electron chi connectivity index (χ2n) is 9.52. The number of hydrazine groups is 1. The van der Waals surface area contributed by atoms with E-state index in [9.17, 15) is 4.79 Å². The van der Waals surface area contributed by atoms with E-state index in [1.807, 2.05) is 24.4 Å². The van der Waals surface area contributed by atoms with E-state index in [0.717, 1.165) is 29.3 Å². The van der Waals surface area contributed by atoms with E-state index in [0.29, 0.717) is 19.4 Å². The molecule has 0 saturated carbocycles. The lowest BCUT2D eigenvalue weighted by Gasteiger charge is -2.37. The molecule has 0 aliphatic carbocycles. The molecule has 2 aromatic carbocycles. The molecule has 4 heterocycles. The Bertz CT molecular complexity index is 1210. The summed E-state index contributed by atoms with van der Waals surface area (Å²) in [5.41, 5.74) is 11.9.